The van der Waals surface area contributed by atoms with E-state index in [9.17, 15) is 9.59 Å². The van der Waals surface area contributed by atoms with Gasteiger partial charge < -0.3 is 15.0 Å². The molecular formula is C27H36N2O3. The molecule has 5 heteroatoms. The fraction of sp³-hybridized carbons (Fsp3) is 0.481. The van der Waals surface area contributed by atoms with Gasteiger partial charge in [0.05, 0.1) is 0 Å². The average molecular weight is 437 g/mol. The molecule has 0 bridgehead atoms. The molecule has 1 aliphatic carbocycles. The van der Waals surface area contributed by atoms with Gasteiger partial charge in [-0.1, -0.05) is 68.7 Å². The minimum absolute atomic E-state index is 0.0598. The van der Waals surface area contributed by atoms with Gasteiger partial charge in [0.25, 0.3) is 5.91 Å². The molecule has 1 aliphatic rings. The van der Waals surface area contributed by atoms with Gasteiger partial charge in [-0.05, 0) is 55.9 Å². The Morgan fingerprint density at radius 1 is 1.06 bits per heavy atom. The van der Waals surface area contributed by atoms with Gasteiger partial charge in [0, 0.05) is 12.6 Å². The van der Waals surface area contributed by atoms with Crippen molar-refractivity contribution in [1.82, 2.24) is 10.2 Å². The molecule has 2 aromatic rings. The predicted molar refractivity (Wildman–Crippen MR) is 127 cm³/mol. The molecule has 2 aromatic carbocycles. The molecule has 0 aliphatic heterocycles. The molecule has 2 amide bonds. The second-order valence-electron chi connectivity index (χ2n) is 8.83. The van der Waals surface area contributed by atoms with Crippen LogP contribution in [-0.2, 0) is 16.1 Å². The number of aryl methyl sites for hydroxylation is 2. The summed E-state index contributed by atoms with van der Waals surface area (Å²) in [5, 5.41) is 3.21. The molecule has 3 rings (SSSR count). The number of hydrogen-bond donors (Lipinski definition) is 1. The van der Waals surface area contributed by atoms with E-state index in [1.165, 1.54) is 6.42 Å². The van der Waals surface area contributed by atoms with Crippen LogP contribution in [-0.4, -0.2) is 35.4 Å². The van der Waals surface area contributed by atoms with Crippen LogP contribution in [0.2, 0.25) is 0 Å². The maximum Gasteiger partial charge on any atom is 0.261 e. The lowest BCUT2D eigenvalue weighted by molar-refractivity contribution is -0.143. The summed E-state index contributed by atoms with van der Waals surface area (Å²) in [5.41, 5.74) is 3.06. The Morgan fingerprint density at radius 3 is 2.47 bits per heavy atom. The van der Waals surface area contributed by atoms with Gasteiger partial charge in [-0.2, -0.15) is 0 Å². The fourth-order valence-electron chi connectivity index (χ4n) is 4.33. The van der Waals surface area contributed by atoms with Crippen molar-refractivity contribution in [3.63, 3.8) is 0 Å². The van der Waals surface area contributed by atoms with E-state index in [1.807, 2.05) is 69.3 Å². The van der Waals surface area contributed by atoms with Crippen LogP contribution in [0.25, 0.3) is 0 Å². The molecule has 1 fully saturated rings. The number of ether oxygens (including phenoxy) is 1. The highest BCUT2D eigenvalue weighted by Gasteiger charge is 2.30. The predicted octanol–water partition coefficient (Wildman–Crippen LogP) is 4.94. The molecule has 32 heavy (non-hydrogen) atoms. The Morgan fingerprint density at radius 2 is 1.78 bits per heavy atom. The van der Waals surface area contributed by atoms with Crippen LogP contribution in [0.5, 0.6) is 5.75 Å². The standard InChI is InChI=1S/C27H36N2O3/c1-4-24(27(31)28-23-13-9-6-10-14-23)29(18-22-11-7-5-8-12-22)26(30)19-32-25-17-20(2)15-16-21(25)3/h5,7-8,11-12,15-17,23-24H,4,6,9-10,13-14,18-19H2,1-3H3,(H,28,31)/t24-/m0/s1. The molecule has 0 aromatic heterocycles. The smallest absolute Gasteiger partial charge is 0.261 e. The first-order valence-corrected chi connectivity index (χ1v) is 11.8. The van der Waals surface area contributed by atoms with E-state index in [4.69, 9.17) is 4.74 Å². The summed E-state index contributed by atoms with van der Waals surface area (Å²) in [6.07, 6.45) is 6.13. The van der Waals surface area contributed by atoms with Crippen LogP contribution in [0.1, 0.15) is 62.1 Å². The molecule has 1 atom stereocenters. The molecule has 0 spiro atoms. The third-order valence-corrected chi connectivity index (χ3v) is 6.23. The van der Waals surface area contributed by atoms with Gasteiger partial charge >= 0.3 is 0 Å². The van der Waals surface area contributed by atoms with E-state index < -0.39 is 6.04 Å². The summed E-state index contributed by atoms with van der Waals surface area (Å²) in [6, 6.07) is 15.5. The SMILES string of the molecule is CC[C@@H](C(=O)NC1CCCCC1)N(Cc1ccccc1)C(=O)COc1cc(C)ccc1C. The fourth-order valence-corrected chi connectivity index (χ4v) is 4.33. The molecular weight excluding hydrogens is 400 g/mol. The van der Waals surface area contributed by atoms with Gasteiger partial charge in [-0.25, -0.2) is 0 Å². The second kappa shape index (κ2) is 11.7. The highest BCUT2D eigenvalue weighted by Crippen LogP contribution is 2.21. The third kappa shape index (κ3) is 6.59. The van der Waals surface area contributed by atoms with Crippen molar-refractivity contribution in [3.8, 4) is 5.75 Å². The first kappa shape index (κ1) is 23.8. The Balaban J connectivity index is 1.75. The number of benzene rings is 2. The quantitative estimate of drug-likeness (QED) is 0.606. The first-order chi connectivity index (χ1) is 15.5. The van der Waals surface area contributed by atoms with Gasteiger partial charge in [-0.15, -0.1) is 0 Å². The van der Waals surface area contributed by atoms with Gasteiger partial charge in [0.1, 0.15) is 11.8 Å². The molecule has 0 radical (unpaired) electrons. The third-order valence-electron chi connectivity index (χ3n) is 6.23. The summed E-state index contributed by atoms with van der Waals surface area (Å²) in [7, 11) is 0. The zero-order chi connectivity index (χ0) is 22.9. The van der Waals surface area contributed by atoms with Gasteiger partial charge in [0.2, 0.25) is 5.91 Å². The van der Waals surface area contributed by atoms with Crippen molar-refractivity contribution in [1.29, 1.82) is 0 Å². The summed E-state index contributed by atoms with van der Waals surface area (Å²) < 4.78 is 5.90. The van der Waals surface area contributed by atoms with E-state index in [-0.39, 0.29) is 24.5 Å². The largest absolute Gasteiger partial charge is 0.483 e. The van der Waals surface area contributed by atoms with Crippen molar-refractivity contribution < 1.29 is 14.3 Å². The van der Waals surface area contributed by atoms with Crippen LogP contribution in [0, 0.1) is 13.8 Å². The van der Waals surface area contributed by atoms with Gasteiger partial charge in [0.15, 0.2) is 6.61 Å². The van der Waals surface area contributed by atoms with Crippen molar-refractivity contribution in [2.45, 2.75) is 77.9 Å². The van der Waals surface area contributed by atoms with Crippen LogP contribution in [0.4, 0.5) is 0 Å². The summed E-state index contributed by atoms with van der Waals surface area (Å²) in [5.74, 6) is 0.466. The highest BCUT2D eigenvalue weighted by molar-refractivity contribution is 5.88. The van der Waals surface area contributed by atoms with Crippen molar-refractivity contribution in [3.05, 3.63) is 65.2 Å². The summed E-state index contributed by atoms with van der Waals surface area (Å²) >= 11 is 0. The number of hydrogen-bond acceptors (Lipinski definition) is 3. The zero-order valence-corrected chi connectivity index (χ0v) is 19.6. The minimum atomic E-state index is -0.521. The maximum absolute atomic E-state index is 13.3. The first-order valence-electron chi connectivity index (χ1n) is 11.8. The molecule has 0 heterocycles. The van der Waals surface area contributed by atoms with Crippen molar-refractivity contribution in [2.75, 3.05) is 6.61 Å². The van der Waals surface area contributed by atoms with E-state index in [0.29, 0.717) is 18.7 Å². The highest BCUT2D eigenvalue weighted by atomic mass is 16.5. The number of nitrogens with one attached hydrogen (secondary N) is 1. The summed E-state index contributed by atoms with van der Waals surface area (Å²) in [4.78, 5) is 28.2. The van der Waals surface area contributed by atoms with Crippen LogP contribution >= 0.6 is 0 Å². The lowest BCUT2D eigenvalue weighted by Crippen LogP contribution is -2.52. The van der Waals surface area contributed by atoms with Crippen molar-refractivity contribution >= 4 is 11.8 Å². The monoisotopic (exact) mass is 436 g/mol. The van der Waals surface area contributed by atoms with Crippen LogP contribution in [0.3, 0.4) is 0 Å². The van der Waals surface area contributed by atoms with Crippen LogP contribution in [0.15, 0.2) is 48.5 Å². The van der Waals surface area contributed by atoms with Gasteiger partial charge in [-0.3, -0.25) is 9.59 Å². The maximum atomic E-state index is 13.3. The summed E-state index contributed by atoms with van der Waals surface area (Å²) in [6.45, 7) is 6.21. The molecule has 1 saturated carbocycles. The van der Waals surface area contributed by atoms with Crippen molar-refractivity contribution in [2.24, 2.45) is 0 Å². The second-order valence-corrected chi connectivity index (χ2v) is 8.83. The Hall–Kier alpha value is -2.82. The zero-order valence-electron chi connectivity index (χ0n) is 19.6. The number of carbonyl (C=O) groups excluding carboxylic acids is 2. The lowest BCUT2D eigenvalue weighted by atomic mass is 9.95. The number of nitrogens with zero attached hydrogens (tertiary/aromatic N) is 1. The van der Waals surface area contributed by atoms with E-state index in [0.717, 1.165) is 42.4 Å². The van der Waals surface area contributed by atoms with Crippen LogP contribution < -0.4 is 10.1 Å². The molecule has 5 nitrogen and oxygen atoms in total. The number of amides is 2. The molecule has 0 saturated heterocycles. The lowest BCUT2D eigenvalue weighted by Gasteiger charge is -2.32. The topological polar surface area (TPSA) is 58.6 Å². The Kier molecular flexibility index (Phi) is 8.72. The molecule has 172 valence electrons. The van der Waals surface area contributed by atoms with E-state index >= 15 is 0 Å². The number of rotatable bonds is 9. The molecule has 1 N–H and O–H groups in total. The van der Waals surface area contributed by atoms with E-state index in [1.54, 1.807) is 4.90 Å². The average Bonchev–Trinajstić information content (AvgIpc) is 2.80. The van der Waals surface area contributed by atoms with E-state index in [2.05, 4.69) is 5.32 Å². The Bertz CT molecular complexity index is 891. The number of carbonyl (C=O) groups is 2. The Labute approximate surface area is 192 Å². The molecule has 0 unspecified atom stereocenters. The normalized spacial score (nSPS) is 15.1. The minimum Gasteiger partial charge on any atom is -0.483 e.